The summed E-state index contributed by atoms with van der Waals surface area (Å²) in [6.07, 6.45) is 9.51. The highest BCUT2D eigenvalue weighted by Crippen LogP contribution is 2.34. The predicted octanol–water partition coefficient (Wildman–Crippen LogP) is 1.24. The molecule has 0 spiro atoms. The Morgan fingerprint density at radius 3 is 2.26 bits per heavy atom. The van der Waals surface area contributed by atoms with E-state index in [0.29, 0.717) is 19.0 Å². The number of fused-ring (bicyclic) bond motifs is 3. The molecular formula is C26H35N11O2. The van der Waals surface area contributed by atoms with E-state index in [-0.39, 0.29) is 30.2 Å². The minimum Gasteiger partial charge on any atom is -0.371 e. The van der Waals surface area contributed by atoms with Crippen molar-refractivity contribution in [3.8, 4) is 11.3 Å². The van der Waals surface area contributed by atoms with Gasteiger partial charge >= 0.3 is 6.03 Å². The normalized spacial score (nSPS) is 24.6. The summed E-state index contributed by atoms with van der Waals surface area (Å²) >= 11 is 0. The number of likely N-dealkylation sites (N-methyl/N-ethyl adjacent to an activating group) is 1. The van der Waals surface area contributed by atoms with Crippen molar-refractivity contribution in [2.24, 2.45) is 0 Å². The Hall–Kier alpha value is -3.58. The lowest BCUT2D eigenvalue weighted by atomic mass is 10.1. The third kappa shape index (κ3) is 4.63. The topological polar surface area (TPSA) is 135 Å². The number of rotatable bonds is 3. The number of urea groups is 1. The number of likely N-dealkylation sites (tertiary alicyclic amines) is 1. The van der Waals surface area contributed by atoms with Crippen molar-refractivity contribution in [2.45, 2.75) is 43.9 Å². The van der Waals surface area contributed by atoms with Crippen LogP contribution in [0.5, 0.6) is 0 Å². The fourth-order valence-corrected chi connectivity index (χ4v) is 6.28. The summed E-state index contributed by atoms with van der Waals surface area (Å²) in [4.78, 5) is 40.1. The average molecular weight is 534 g/mol. The first-order valence-corrected chi connectivity index (χ1v) is 14.0. The van der Waals surface area contributed by atoms with Gasteiger partial charge in [0, 0.05) is 70.3 Å². The van der Waals surface area contributed by atoms with Crippen LogP contribution in [0.4, 0.5) is 16.7 Å². The second-order valence-electron chi connectivity index (χ2n) is 11.2. The van der Waals surface area contributed by atoms with E-state index in [1.807, 2.05) is 20.7 Å². The molecule has 39 heavy (non-hydrogen) atoms. The van der Waals surface area contributed by atoms with Gasteiger partial charge in [0.1, 0.15) is 0 Å². The van der Waals surface area contributed by atoms with Crippen LogP contribution in [0, 0.1) is 0 Å². The Morgan fingerprint density at radius 2 is 1.56 bits per heavy atom. The summed E-state index contributed by atoms with van der Waals surface area (Å²) in [5.74, 6) is 0.904. The third-order valence-electron chi connectivity index (χ3n) is 8.57. The molecule has 4 aliphatic heterocycles. The van der Waals surface area contributed by atoms with Crippen molar-refractivity contribution in [3.05, 3.63) is 18.6 Å². The summed E-state index contributed by atoms with van der Waals surface area (Å²) < 4.78 is 8.10. The van der Waals surface area contributed by atoms with E-state index in [4.69, 9.17) is 25.5 Å². The van der Waals surface area contributed by atoms with E-state index in [9.17, 15) is 4.79 Å². The number of hydrogen-bond acceptors (Lipinski definition) is 10. The van der Waals surface area contributed by atoms with Crippen LogP contribution in [-0.2, 0) is 4.74 Å². The van der Waals surface area contributed by atoms with Gasteiger partial charge in [-0.15, -0.1) is 0 Å². The summed E-state index contributed by atoms with van der Waals surface area (Å²) in [5.41, 5.74) is 8.09. The molecule has 0 radical (unpaired) electrons. The summed E-state index contributed by atoms with van der Waals surface area (Å²) in [6.45, 7) is 6.41. The molecule has 7 rings (SSSR count). The monoisotopic (exact) mass is 533 g/mol. The van der Waals surface area contributed by atoms with E-state index < -0.39 is 0 Å². The number of ether oxygens (including phenoxy) is 1. The number of aromatic nitrogens is 6. The second-order valence-corrected chi connectivity index (χ2v) is 11.2. The number of anilines is 2. The maximum atomic E-state index is 13.1. The average Bonchev–Trinajstić information content (AvgIpc) is 3.55. The van der Waals surface area contributed by atoms with Gasteiger partial charge in [-0.25, -0.2) is 24.4 Å². The molecule has 2 amide bonds. The standard InChI is InChI=1S/C26H35N11O2/c1-33-8-10-35(11-9-33)26(38)34-6-4-18(5-7-34)37-23-21(14-30-37)22(17-12-28-24(27)29-13-17)31-25(32-23)36-15-19-2-3-20(16-36)39-19/h12-14,18-20H,2-11,15-16H2,1H3,(H2,27,28,29). The van der Waals surface area contributed by atoms with E-state index in [0.717, 1.165) is 87.2 Å². The van der Waals surface area contributed by atoms with Gasteiger partial charge in [0.05, 0.1) is 35.5 Å². The number of nitrogen functional groups attached to an aromatic ring is 1. The fraction of sp³-hybridized carbons (Fsp3) is 0.615. The highest BCUT2D eigenvalue weighted by atomic mass is 16.5. The van der Waals surface area contributed by atoms with Gasteiger partial charge in [-0.05, 0) is 32.7 Å². The van der Waals surface area contributed by atoms with Gasteiger partial charge in [0.2, 0.25) is 11.9 Å². The predicted molar refractivity (Wildman–Crippen MR) is 145 cm³/mol. The number of nitrogens with two attached hydrogens (primary N) is 1. The van der Waals surface area contributed by atoms with Gasteiger partial charge in [0.15, 0.2) is 5.65 Å². The Morgan fingerprint density at radius 1 is 0.897 bits per heavy atom. The Balaban J connectivity index is 1.17. The number of nitrogens with zero attached hydrogens (tertiary/aromatic N) is 10. The molecule has 2 N–H and O–H groups in total. The summed E-state index contributed by atoms with van der Waals surface area (Å²) in [6, 6.07) is 0.308. The van der Waals surface area contributed by atoms with Crippen molar-refractivity contribution in [2.75, 3.05) is 70.0 Å². The van der Waals surface area contributed by atoms with Crippen LogP contribution in [-0.4, -0.2) is 122 Å². The number of carbonyl (C=O) groups is 1. The maximum absolute atomic E-state index is 13.1. The van der Waals surface area contributed by atoms with Crippen molar-refractivity contribution >= 4 is 29.0 Å². The molecule has 2 atom stereocenters. The molecule has 0 aromatic carbocycles. The number of amides is 2. The Labute approximate surface area is 226 Å². The van der Waals surface area contributed by atoms with Crippen LogP contribution in [0.25, 0.3) is 22.3 Å². The molecule has 206 valence electrons. The van der Waals surface area contributed by atoms with Crippen LogP contribution < -0.4 is 10.6 Å². The highest BCUT2D eigenvalue weighted by Gasteiger charge is 2.36. The molecule has 3 aromatic heterocycles. The van der Waals surface area contributed by atoms with Crippen molar-refractivity contribution in [1.29, 1.82) is 0 Å². The van der Waals surface area contributed by atoms with Crippen molar-refractivity contribution in [3.63, 3.8) is 0 Å². The lowest BCUT2D eigenvalue weighted by Gasteiger charge is -2.39. The molecular weight excluding hydrogens is 498 g/mol. The molecule has 7 heterocycles. The Kier molecular flexibility index (Phi) is 6.19. The molecule has 13 nitrogen and oxygen atoms in total. The zero-order valence-electron chi connectivity index (χ0n) is 22.3. The van der Waals surface area contributed by atoms with E-state index in [1.165, 1.54) is 0 Å². The van der Waals surface area contributed by atoms with Crippen LogP contribution >= 0.6 is 0 Å². The number of carbonyl (C=O) groups excluding carboxylic acids is 1. The quantitative estimate of drug-likeness (QED) is 0.524. The summed E-state index contributed by atoms with van der Waals surface area (Å²) in [7, 11) is 2.10. The van der Waals surface area contributed by atoms with Gasteiger partial charge in [-0.1, -0.05) is 0 Å². The summed E-state index contributed by atoms with van der Waals surface area (Å²) in [5, 5.41) is 5.67. The number of piperidine rings is 1. The zero-order valence-corrected chi connectivity index (χ0v) is 22.3. The first kappa shape index (κ1) is 24.5. The van der Waals surface area contributed by atoms with Gasteiger partial charge in [0.25, 0.3) is 0 Å². The van der Waals surface area contributed by atoms with Gasteiger partial charge in [-0.2, -0.15) is 10.1 Å². The van der Waals surface area contributed by atoms with E-state index in [1.54, 1.807) is 12.4 Å². The SMILES string of the molecule is CN1CCN(C(=O)N2CCC(n3ncc4c(-c5cnc(N)nc5)nc(N5CC6CCC(C5)O6)nc43)CC2)CC1. The van der Waals surface area contributed by atoms with Crippen molar-refractivity contribution in [1.82, 2.24) is 44.4 Å². The molecule has 4 fully saturated rings. The van der Waals surface area contributed by atoms with Crippen LogP contribution in [0.1, 0.15) is 31.7 Å². The van der Waals surface area contributed by atoms with E-state index >= 15 is 0 Å². The van der Waals surface area contributed by atoms with E-state index in [2.05, 4.69) is 26.8 Å². The molecule has 3 aromatic rings. The van der Waals surface area contributed by atoms with Crippen LogP contribution in [0.15, 0.2) is 18.6 Å². The number of morpholine rings is 1. The minimum atomic E-state index is 0.151. The van der Waals surface area contributed by atoms with Crippen LogP contribution in [0.3, 0.4) is 0 Å². The van der Waals surface area contributed by atoms with Crippen molar-refractivity contribution < 1.29 is 9.53 Å². The molecule has 2 bridgehead atoms. The number of hydrogen-bond donors (Lipinski definition) is 1. The fourth-order valence-electron chi connectivity index (χ4n) is 6.28. The second kappa shape index (κ2) is 9.87. The number of piperazine rings is 1. The molecule has 0 aliphatic carbocycles. The van der Waals surface area contributed by atoms with Crippen LogP contribution in [0.2, 0.25) is 0 Å². The largest absolute Gasteiger partial charge is 0.371 e. The lowest BCUT2D eigenvalue weighted by Crippen LogP contribution is -2.53. The Bertz CT molecular complexity index is 1330. The lowest BCUT2D eigenvalue weighted by molar-refractivity contribution is 0.0299. The molecule has 0 saturated carbocycles. The minimum absolute atomic E-state index is 0.151. The van der Waals surface area contributed by atoms with Gasteiger partial charge < -0.3 is 30.1 Å². The first-order valence-electron chi connectivity index (χ1n) is 14.0. The molecule has 4 saturated heterocycles. The third-order valence-corrected chi connectivity index (χ3v) is 8.57. The molecule has 13 heteroatoms. The molecule has 4 aliphatic rings. The smallest absolute Gasteiger partial charge is 0.320 e. The molecule has 2 unspecified atom stereocenters. The first-order chi connectivity index (χ1) is 19.0. The van der Waals surface area contributed by atoms with Gasteiger partial charge in [-0.3, -0.25) is 0 Å². The highest BCUT2D eigenvalue weighted by molar-refractivity contribution is 5.91. The zero-order chi connectivity index (χ0) is 26.5. The maximum Gasteiger partial charge on any atom is 0.320 e.